The van der Waals surface area contributed by atoms with Crippen LogP contribution in [-0.2, 0) is 10.3 Å². The number of anilines is 1. The molecule has 0 radical (unpaired) electrons. The zero-order chi connectivity index (χ0) is 14.8. The highest BCUT2D eigenvalue weighted by molar-refractivity contribution is 5.58. The normalized spacial score (nSPS) is 14.2. The molecule has 1 aromatic heterocycles. The van der Waals surface area contributed by atoms with Crippen molar-refractivity contribution in [2.45, 2.75) is 32.8 Å². The first-order chi connectivity index (χ1) is 9.50. The van der Waals surface area contributed by atoms with Crippen molar-refractivity contribution in [3.63, 3.8) is 0 Å². The fraction of sp³-hybridized carbons (Fsp3) is 0.429. The number of ether oxygens (including phenoxy) is 1. The van der Waals surface area contributed by atoms with Gasteiger partial charge in [-0.15, -0.1) is 0 Å². The maximum atomic E-state index is 13.8. The molecule has 2 N–H and O–H groups in total. The number of hydrogen-bond donors (Lipinski definition) is 1. The standard InChI is InChI=1S/C14H18FN3O2/c1-4-14(3,19-5-2)13-17-12(20-18-13)10-7-6-9(16)8-11(10)15/h6-8H,4-5,16H2,1-3H3. The van der Waals surface area contributed by atoms with E-state index in [1.807, 2.05) is 20.8 Å². The summed E-state index contributed by atoms with van der Waals surface area (Å²) >= 11 is 0. The van der Waals surface area contributed by atoms with Gasteiger partial charge in [-0.1, -0.05) is 12.1 Å². The Morgan fingerprint density at radius 1 is 1.40 bits per heavy atom. The van der Waals surface area contributed by atoms with E-state index in [2.05, 4.69) is 10.1 Å². The van der Waals surface area contributed by atoms with Gasteiger partial charge in [-0.05, 0) is 38.5 Å². The molecule has 108 valence electrons. The van der Waals surface area contributed by atoms with Crippen LogP contribution >= 0.6 is 0 Å². The van der Waals surface area contributed by atoms with E-state index in [1.54, 1.807) is 6.07 Å². The molecule has 0 aliphatic heterocycles. The largest absolute Gasteiger partial charge is 0.399 e. The van der Waals surface area contributed by atoms with Crippen molar-refractivity contribution in [2.24, 2.45) is 0 Å². The van der Waals surface area contributed by atoms with Crippen LogP contribution in [-0.4, -0.2) is 16.7 Å². The lowest BCUT2D eigenvalue weighted by Gasteiger charge is -2.23. The quantitative estimate of drug-likeness (QED) is 0.851. The molecule has 0 bridgehead atoms. The lowest BCUT2D eigenvalue weighted by molar-refractivity contribution is -0.0403. The van der Waals surface area contributed by atoms with E-state index < -0.39 is 11.4 Å². The molecular weight excluding hydrogens is 261 g/mol. The first kappa shape index (κ1) is 14.5. The van der Waals surface area contributed by atoms with Crippen molar-refractivity contribution >= 4 is 5.69 Å². The van der Waals surface area contributed by atoms with Gasteiger partial charge < -0.3 is 15.0 Å². The Morgan fingerprint density at radius 3 is 2.75 bits per heavy atom. The van der Waals surface area contributed by atoms with Crippen molar-refractivity contribution in [1.82, 2.24) is 10.1 Å². The number of benzene rings is 1. The van der Waals surface area contributed by atoms with Crippen LogP contribution in [0.15, 0.2) is 22.7 Å². The van der Waals surface area contributed by atoms with Crippen molar-refractivity contribution in [3.05, 3.63) is 29.8 Å². The van der Waals surface area contributed by atoms with Gasteiger partial charge in [0.2, 0.25) is 5.82 Å². The van der Waals surface area contributed by atoms with Crippen LogP contribution < -0.4 is 5.73 Å². The molecule has 2 aromatic rings. The van der Waals surface area contributed by atoms with Crippen molar-refractivity contribution in [2.75, 3.05) is 12.3 Å². The maximum absolute atomic E-state index is 13.8. The monoisotopic (exact) mass is 279 g/mol. The third kappa shape index (κ3) is 2.65. The van der Waals surface area contributed by atoms with Crippen LogP contribution in [0, 0.1) is 5.82 Å². The summed E-state index contributed by atoms with van der Waals surface area (Å²) in [6.45, 7) is 6.28. The Balaban J connectivity index is 2.37. The molecule has 6 heteroatoms. The summed E-state index contributed by atoms with van der Waals surface area (Å²) in [5.74, 6) is 0.0414. The van der Waals surface area contributed by atoms with E-state index in [0.29, 0.717) is 24.5 Å². The highest BCUT2D eigenvalue weighted by Gasteiger charge is 2.31. The fourth-order valence-electron chi connectivity index (χ4n) is 1.90. The van der Waals surface area contributed by atoms with E-state index in [9.17, 15) is 4.39 Å². The number of halogens is 1. The number of hydrogen-bond acceptors (Lipinski definition) is 5. The number of aromatic nitrogens is 2. The van der Waals surface area contributed by atoms with Gasteiger partial charge in [-0.25, -0.2) is 4.39 Å². The second-order valence-corrected chi connectivity index (χ2v) is 4.68. The summed E-state index contributed by atoms with van der Waals surface area (Å²) < 4.78 is 24.6. The van der Waals surface area contributed by atoms with Gasteiger partial charge in [-0.2, -0.15) is 4.98 Å². The van der Waals surface area contributed by atoms with Gasteiger partial charge in [0.1, 0.15) is 11.4 Å². The molecule has 1 atom stereocenters. The van der Waals surface area contributed by atoms with E-state index >= 15 is 0 Å². The summed E-state index contributed by atoms with van der Waals surface area (Å²) in [4.78, 5) is 4.25. The molecule has 2 rings (SSSR count). The average molecular weight is 279 g/mol. The molecule has 20 heavy (non-hydrogen) atoms. The third-order valence-corrected chi connectivity index (χ3v) is 3.26. The lowest BCUT2D eigenvalue weighted by Crippen LogP contribution is -2.26. The topological polar surface area (TPSA) is 74.2 Å². The smallest absolute Gasteiger partial charge is 0.261 e. The van der Waals surface area contributed by atoms with Crippen LogP contribution in [0.4, 0.5) is 10.1 Å². The van der Waals surface area contributed by atoms with Gasteiger partial charge >= 0.3 is 0 Å². The Kier molecular flexibility index (Phi) is 4.04. The number of nitrogens with zero attached hydrogens (tertiary/aromatic N) is 2. The van der Waals surface area contributed by atoms with Crippen molar-refractivity contribution in [1.29, 1.82) is 0 Å². The molecule has 0 aliphatic carbocycles. The first-order valence-corrected chi connectivity index (χ1v) is 6.53. The van der Waals surface area contributed by atoms with E-state index in [4.69, 9.17) is 15.0 Å². The van der Waals surface area contributed by atoms with Crippen LogP contribution in [0.3, 0.4) is 0 Å². The minimum absolute atomic E-state index is 0.122. The molecule has 0 spiro atoms. The third-order valence-electron chi connectivity index (χ3n) is 3.26. The Hall–Kier alpha value is -1.95. The Labute approximate surface area is 116 Å². The molecule has 0 saturated carbocycles. The summed E-state index contributed by atoms with van der Waals surface area (Å²) in [6.07, 6.45) is 0.685. The fourth-order valence-corrected chi connectivity index (χ4v) is 1.90. The predicted octanol–water partition coefficient (Wildman–Crippen LogP) is 3.12. The molecule has 5 nitrogen and oxygen atoms in total. The van der Waals surface area contributed by atoms with Crippen molar-refractivity contribution in [3.8, 4) is 11.5 Å². The van der Waals surface area contributed by atoms with E-state index in [1.165, 1.54) is 12.1 Å². The van der Waals surface area contributed by atoms with E-state index in [-0.39, 0.29) is 11.5 Å². The Bertz CT molecular complexity index is 600. The molecule has 0 amide bonds. The SMILES string of the molecule is CCOC(C)(CC)c1noc(-c2ccc(N)cc2F)n1. The highest BCUT2D eigenvalue weighted by Crippen LogP contribution is 2.29. The van der Waals surface area contributed by atoms with Gasteiger partial charge in [-0.3, -0.25) is 0 Å². The maximum Gasteiger partial charge on any atom is 0.261 e. The van der Waals surface area contributed by atoms with Crippen LogP contribution in [0.2, 0.25) is 0 Å². The molecule has 1 aromatic carbocycles. The lowest BCUT2D eigenvalue weighted by atomic mass is 10.0. The summed E-state index contributed by atoms with van der Waals surface area (Å²) in [5.41, 5.74) is 5.45. The minimum atomic E-state index is -0.638. The highest BCUT2D eigenvalue weighted by atomic mass is 19.1. The zero-order valence-corrected chi connectivity index (χ0v) is 11.8. The summed E-state index contributed by atoms with van der Waals surface area (Å²) in [5, 5.41) is 3.91. The second-order valence-electron chi connectivity index (χ2n) is 4.68. The molecule has 1 unspecified atom stereocenters. The van der Waals surface area contributed by atoms with Crippen LogP contribution in [0.25, 0.3) is 11.5 Å². The van der Waals surface area contributed by atoms with E-state index in [0.717, 1.165) is 0 Å². The van der Waals surface area contributed by atoms with Gasteiger partial charge in [0.05, 0.1) is 5.56 Å². The molecule has 1 heterocycles. The molecule has 0 fully saturated rings. The number of rotatable bonds is 5. The Morgan fingerprint density at radius 2 is 2.15 bits per heavy atom. The summed E-state index contributed by atoms with van der Waals surface area (Å²) in [6, 6.07) is 4.33. The minimum Gasteiger partial charge on any atom is -0.399 e. The number of nitrogens with two attached hydrogens (primary N) is 1. The van der Waals surface area contributed by atoms with Crippen LogP contribution in [0.1, 0.15) is 33.0 Å². The van der Waals surface area contributed by atoms with Gasteiger partial charge in [0.15, 0.2) is 0 Å². The molecular formula is C14H18FN3O2. The van der Waals surface area contributed by atoms with Crippen molar-refractivity contribution < 1.29 is 13.7 Å². The zero-order valence-electron chi connectivity index (χ0n) is 11.8. The summed E-state index contributed by atoms with van der Waals surface area (Å²) in [7, 11) is 0. The first-order valence-electron chi connectivity index (χ1n) is 6.53. The molecule has 0 saturated heterocycles. The number of nitrogen functional groups attached to an aromatic ring is 1. The molecule has 0 aliphatic rings. The van der Waals surface area contributed by atoms with Crippen LogP contribution in [0.5, 0.6) is 0 Å². The second kappa shape index (κ2) is 5.58. The van der Waals surface area contributed by atoms with Gasteiger partial charge in [0.25, 0.3) is 5.89 Å². The predicted molar refractivity (Wildman–Crippen MR) is 73.4 cm³/mol. The van der Waals surface area contributed by atoms with Gasteiger partial charge in [0, 0.05) is 12.3 Å². The average Bonchev–Trinajstić information content (AvgIpc) is 2.89.